The lowest BCUT2D eigenvalue weighted by Crippen LogP contribution is -2.03. The highest BCUT2D eigenvalue weighted by atomic mass is 16.1. The maximum Gasteiger partial charge on any atom is 0.163 e. The van der Waals surface area contributed by atoms with Gasteiger partial charge in [0.15, 0.2) is 5.78 Å². The van der Waals surface area contributed by atoms with Gasteiger partial charge in [-0.05, 0) is 37.5 Å². The molecule has 0 radical (unpaired) electrons. The van der Waals surface area contributed by atoms with Gasteiger partial charge in [-0.3, -0.25) is 4.79 Å². The molecule has 2 heteroatoms. The maximum atomic E-state index is 11.8. The van der Waals surface area contributed by atoms with E-state index in [4.69, 9.17) is 0 Å². The van der Waals surface area contributed by atoms with Crippen molar-refractivity contribution < 1.29 is 9.59 Å². The summed E-state index contributed by atoms with van der Waals surface area (Å²) >= 11 is 0. The van der Waals surface area contributed by atoms with E-state index >= 15 is 0 Å². The molecule has 0 saturated carbocycles. The summed E-state index contributed by atoms with van der Waals surface area (Å²) in [6.45, 7) is 5.63. The highest BCUT2D eigenvalue weighted by Crippen LogP contribution is 2.14. The zero-order valence-corrected chi connectivity index (χ0v) is 10.2. The molecule has 0 fully saturated rings. The quantitative estimate of drug-likeness (QED) is 0.712. The van der Waals surface area contributed by atoms with Crippen molar-refractivity contribution in [2.24, 2.45) is 0 Å². The van der Waals surface area contributed by atoms with E-state index in [0.29, 0.717) is 12.8 Å². The van der Waals surface area contributed by atoms with Gasteiger partial charge in [-0.15, -0.1) is 0 Å². The molecule has 0 aliphatic rings. The van der Waals surface area contributed by atoms with Gasteiger partial charge in [0, 0.05) is 18.4 Å². The number of ketones is 2. The molecule has 0 saturated heterocycles. The number of hydrogen-bond donors (Lipinski definition) is 0. The standard InChI is InChI=1S/C14H18O2/c1-4-12-9-13(7-5-10(12)2)14(16)8-6-11(3)15/h5,7,9H,4,6,8H2,1-3H3. The Morgan fingerprint density at radius 2 is 1.88 bits per heavy atom. The molecule has 1 rings (SSSR count). The zero-order chi connectivity index (χ0) is 12.1. The molecular formula is C14H18O2. The molecule has 0 N–H and O–H groups in total. The molecule has 0 amide bonds. The van der Waals surface area contributed by atoms with Crippen molar-refractivity contribution in [1.82, 2.24) is 0 Å². The summed E-state index contributed by atoms with van der Waals surface area (Å²) in [4.78, 5) is 22.6. The predicted octanol–water partition coefficient (Wildman–Crippen LogP) is 3.11. The van der Waals surface area contributed by atoms with E-state index in [-0.39, 0.29) is 11.6 Å². The number of Topliss-reactive ketones (excluding diaryl/α,β-unsaturated/α-hetero) is 2. The Morgan fingerprint density at radius 3 is 2.44 bits per heavy atom. The Hall–Kier alpha value is -1.44. The van der Waals surface area contributed by atoms with Crippen LogP contribution in [0.3, 0.4) is 0 Å². The second-order valence-electron chi connectivity index (χ2n) is 4.12. The molecule has 0 aliphatic carbocycles. The summed E-state index contributed by atoms with van der Waals surface area (Å²) in [7, 11) is 0. The third-order valence-electron chi connectivity index (χ3n) is 2.76. The molecule has 1 aromatic rings. The molecule has 0 heterocycles. The van der Waals surface area contributed by atoms with Crippen LogP contribution in [0.1, 0.15) is 48.2 Å². The number of hydrogen-bond acceptors (Lipinski definition) is 2. The SMILES string of the molecule is CCc1cc(C(=O)CCC(C)=O)ccc1C. The van der Waals surface area contributed by atoms with E-state index < -0.39 is 0 Å². The summed E-state index contributed by atoms with van der Waals surface area (Å²) in [5.74, 6) is 0.126. The Balaban J connectivity index is 2.80. The van der Waals surface area contributed by atoms with Crippen LogP contribution in [0.25, 0.3) is 0 Å². The van der Waals surface area contributed by atoms with E-state index in [1.54, 1.807) is 0 Å². The van der Waals surface area contributed by atoms with Crippen molar-refractivity contribution in [3.05, 3.63) is 34.9 Å². The lowest BCUT2D eigenvalue weighted by atomic mass is 9.99. The lowest BCUT2D eigenvalue weighted by Gasteiger charge is -2.06. The first-order valence-corrected chi connectivity index (χ1v) is 5.66. The molecule has 1 aromatic carbocycles. The van der Waals surface area contributed by atoms with Gasteiger partial charge in [0.05, 0.1) is 0 Å². The molecule has 0 unspecified atom stereocenters. The normalized spacial score (nSPS) is 10.2. The lowest BCUT2D eigenvalue weighted by molar-refractivity contribution is -0.116. The fraction of sp³-hybridized carbons (Fsp3) is 0.429. The first-order valence-electron chi connectivity index (χ1n) is 5.66. The van der Waals surface area contributed by atoms with E-state index in [2.05, 4.69) is 6.92 Å². The number of rotatable bonds is 5. The van der Waals surface area contributed by atoms with Gasteiger partial charge in [-0.25, -0.2) is 0 Å². The van der Waals surface area contributed by atoms with E-state index in [1.165, 1.54) is 18.1 Å². The highest BCUT2D eigenvalue weighted by molar-refractivity contribution is 5.98. The van der Waals surface area contributed by atoms with Gasteiger partial charge in [-0.2, -0.15) is 0 Å². The Kier molecular flexibility index (Phi) is 4.41. The van der Waals surface area contributed by atoms with Gasteiger partial charge in [0.25, 0.3) is 0 Å². The monoisotopic (exact) mass is 218 g/mol. The van der Waals surface area contributed by atoms with Gasteiger partial charge in [0.1, 0.15) is 5.78 Å². The minimum atomic E-state index is 0.0601. The van der Waals surface area contributed by atoms with Crippen LogP contribution in [0.4, 0.5) is 0 Å². The van der Waals surface area contributed by atoms with E-state index in [9.17, 15) is 9.59 Å². The topological polar surface area (TPSA) is 34.1 Å². The van der Waals surface area contributed by atoms with Crippen molar-refractivity contribution in [2.75, 3.05) is 0 Å². The minimum Gasteiger partial charge on any atom is -0.300 e. The number of aryl methyl sites for hydroxylation is 2. The van der Waals surface area contributed by atoms with Crippen molar-refractivity contribution >= 4 is 11.6 Å². The van der Waals surface area contributed by atoms with Gasteiger partial charge in [-0.1, -0.05) is 19.1 Å². The molecular weight excluding hydrogens is 200 g/mol. The van der Waals surface area contributed by atoms with Crippen LogP contribution in [0, 0.1) is 6.92 Å². The van der Waals surface area contributed by atoms with Crippen LogP contribution in [0.15, 0.2) is 18.2 Å². The fourth-order valence-corrected chi connectivity index (χ4v) is 1.66. The summed E-state index contributed by atoms with van der Waals surface area (Å²) in [5.41, 5.74) is 3.14. The van der Waals surface area contributed by atoms with Crippen LogP contribution < -0.4 is 0 Å². The predicted molar refractivity (Wildman–Crippen MR) is 64.8 cm³/mol. The molecule has 86 valence electrons. The summed E-state index contributed by atoms with van der Waals surface area (Å²) in [6, 6.07) is 5.76. The third-order valence-corrected chi connectivity index (χ3v) is 2.76. The average molecular weight is 218 g/mol. The van der Waals surface area contributed by atoms with Crippen molar-refractivity contribution in [3.8, 4) is 0 Å². The molecule has 16 heavy (non-hydrogen) atoms. The van der Waals surface area contributed by atoms with Gasteiger partial charge in [0.2, 0.25) is 0 Å². The van der Waals surface area contributed by atoms with Crippen LogP contribution in [0.5, 0.6) is 0 Å². The second-order valence-corrected chi connectivity index (χ2v) is 4.12. The van der Waals surface area contributed by atoms with Crippen molar-refractivity contribution in [2.45, 2.75) is 40.0 Å². The second kappa shape index (κ2) is 5.59. The van der Waals surface area contributed by atoms with Crippen LogP contribution in [-0.2, 0) is 11.2 Å². The molecule has 0 aliphatic heterocycles. The van der Waals surface area contributed by atoms with Crippen molar-refractivity contribution in [1.29, 1.82) is 0 Å². The molecule has 0 bridgehead atoms. The maximum absolute atomic E-state index is 11.8. The molecule has 0 aromatic heterocycles. The largest absolute Gasteiger partial charge is 0.300 e. The van der Waals surface area contributed by atoms with E-state index in [1.807, 2.05) is 25.1 Å². The fourth-order valence-electron chi connectivity index (χ4n) is 1.66. The van der Waals surface area contributed by atoms with Crippen molar-refractivity contribution in [3.63, 3.8) is 0 Å². The number of carbonyl (C=O) groups excluding carboxylic acids is 2. The highest BCUT2D eigenvalue weighted by Gasteiger charge is 2.08. The summed E-state index contributed by atoms with van der Waals surface area (Å²) < 4.78 is 0. The van der Waals surface area contributed by atoms with Crippen LogP contribution in [0.2, 0.25) is 0 Å². The Bertz CT molecular complexity index is 405. The smallest absolute Gasteiger partial charge is 0.163 e. The third kappa shape index (κ3) is 3.30. The number of benzene rings is 1. The van der Waals surface area contributed by atoms with Crippen LogP contribution >= 0.6 is 0 Å². The number of carbonyl (C=O) groups is 2. The summed E-state index contributed by atoms with van der Waals surface area (Å²) in [5, 5.41) is 0. The van der Waals surface area contributed by atoms with E-state index in [0.717, 1.165) is 12.0 Å². The zero-order valence-electron chi connectivity index (χ0n) is 10.2. The van der Waals surface area contributed by atoms with Gasteiger partial charge >= 0.3 is 0 Å². The van der Waals surface area contributed by atoms with Gasteiger partial charge < -0.3 is 4.79 Å². The Morgan fingerprint density at radius 1 is 1.19 bits per heavy atom. The first-order chi connectivity index (χ1) is 7.54. The molecule has 0 spiro atoms. The van der Waals surface area contributed by atoms with Crippen LogP contribution in [-0.4, -0.2) is 11.6 Å². The first kappa shape index (κ1) is 12.6. The Labute approximate surface area is 96.7 Å². The molecule has 2 nitrogen and oxygen atoms in total. The average Bonchev–Trinajstić information content (AvgIpc) is 2.26. The molecule has 0 atom stereocenters. The summed E-state index contributed by atoms with van der Waals surface area (Å²) in [6.07, 6.45) is 1.59. The minimum absolute atomic E-state index is 0.0601.